The molecule has 6 nitrogen and oxygen atoms in total. The number of H-pyrrole nitrogens is 1. The third-order valence-electron chi connectivity index (χ3n) is 3.65. The zero-order valence-corrected chi connectivity index (χ0v) is 13.4. The van der Waals surface area contributed by atoms with E-state index in [2.05, 4.69) is 20.3 Å². The lowest BCUT2D eigenvalue weighted by molar-refractivity contribution is 0.685. The monoisotopic (exact) mass is 346 g/mol. The van der Waals surface area contributed by atoms with Crippen LogP contribution >= 0.6 is 11.6 Å². The van der Waals surface area contributed by atoms with Gasteiger partial charge in [0.1, 0.15) is 4.90 Å². The number of nitrogens with one attached hydrogen (secondary N) is 2. The summed E-state index contributed by atoms with van der Waals surface area (Å²) in [5.41, 5.74) is 1.99. The second-order valence-corrected chi connectivity index (χ2v) is 7.01. The van der Waals surface area contributed by atoms with Crippen LogP contribution < -0.4 is 10.9 Å². The van der Waals surface area contributed by atoms with E-state index in [4.69, 9.17) is 11.6 Å². The van der Waals surface area contributed by atoms with Gasteiger partial charge in [0.05, 0.1) is 22.0 Å². The first-order chi connectivity index (χ1) is 11.1. The molecule has 3 aromatic rings. The molecule has 23 heavy (non-hydrogen) atoms. The maximum Gasteiger partial charge on any atom is 0.248 e. The molecule has 4 rings (SSSR count). The third kappa shape index (κ3) is 2.62. The van der Waals surface area contributed by atoms with Crippen LogP contribution in [0.1, 0.15) is 5.69 Å². The van der Waals surface area contributed by atoms with Crippen molar-refractivity contribution in [1.82, 2.24) is 15.0 Å². The zero-order valence-electron chi connectivity index (χ0n) is 11.8. The molecular weight excluding hydrogens is 336 g/mol. The Kier molecular flexibility index (Phi) is 3.39. The smallest absolute Gasteiger partial charge is 0.248 e. The molecule has 0 amide bonds. The fourth-order valence-corrected chi connectivity index (χ4v) is 4.11. The van der Waals surface area contributed by atoms with E-state index in [-0.39, 0.29) is 10.8 Å². The van der Waals surface area contributed by atoms with Crippen molar-refractivity contribution in [2.45, 2.75) is 11.3 Å². The Morgan fingerprint density at radius 2 is 2.04 bits per heavy atom. The summed E-state index contributed by atoms with van der Waals surface area (Å²) in [5.74, 6) is 0.984. The number of pyridine rings is 1. The molecule has 3 heterocycles. The maximum atomic E-state index is 12.1. The van der Waals surface area contributed by atoms with Crippen LogP contribution in [0.15, 0.2) is 40.0 Å². The van der Waals surface area contributed by atoms with E-state index in [1.807, 2.05) is 12.1 Å². The molecule has 0 aliphatic carbocycles. The van der Waals surface area contributed by atoms with Crippen molar-refractivity contribution in [3.8, 4) is 0 Å². The van der Waals surface area contributed by atoms with E-state index >= 15 is 0 Å². The van der Waals surface area contributed by atoms with Crippen molar-refractivity contribution < 1.29 is 4.21 Å². The summed E-state index contributed by atoms with van der Waals surface area (Å²) in [6.07, 6.45) is 0.629. The van der Waals surface area contributed by atoms with Gasteiger partial charge in [0.2, 0.25) is 10.8 Å². The number of aromatic amines is 1. The lowest BCUT2D eigenvalue weighted by Crippen LogP contribution is -2.04. The molecule has 8 heteroatoms. The number of fused-ring (bicyclic) bond motifs is 2. The number of halogens is 1. The van der Waals surface area contributed by atoms with Gasteiger partial charge in [-0.3, -0.25) is 9.00 Å². The number of aryl methyl sites for hydroxylation is 1. The highest BCUT2D eigenvalue weighted by atomic mass is 35.5. The van der Waals surface area contributed by atoms with Gasteiger partial charge >= 0.3 is 0 Å². The van der Waals surface area contributed by atoms with Crippen LogP contribution in [-0.2, 0) is 17.2 Å². The summed E-state index contributed by atoms with van der Waals surface area (Å²) in [7, 11) is -1.13. The molecule has 1 aliphatic rings. The van der Waals surface area contributed by atoms with Gasteiger partial charge in [-0.05, 0) is 35.2 Å². The van der Waals surface area contributed by atoms with Crippen LogP contribution in [0.25, 0.3) is 10.9 Å². The Hall–Kier alpha value is -2.25. The van der Waals surface area contributed by atoms with Gasteiger partial charge in [0.25, 0.3) is 0 Å². The minimum Gasteiger partial charge on any atom is -0.339 e. The summed E-state index contributed by atoms with van der Waals surface area (Å²) >= 11 is 5.95. The molecule has 1 aromatic carbocycles. The van der Waals surface area contributed by atoms with Crippen LogP contribution in [0.2, 0.25) is 5.28 Å². The molecule has 2 N–H and O–H groups in total. The van der Waals surface area contributed by atoms with E-state index < -0.39 is 10.8 Å². The van der Waals surface area contributed by atoms with Crippen LogP contribution in [-0.4, -0.2) is 24.9 Å². The van der Waals surface area contributed by atoms with Gasteiger partial charge in [-0.25, -0.2) is 4.98 Å². The number of nitrogens with zero attached hydrogens (tertiary/aromatic N) is 2. The predicted molar refractivity (Wildman–Crippen MR) is 89.9 cm³/mol. The average molecular weight is 347 g/mol. The van der Waals surface area contributed by atoms with Crippen molar-refractivity contribution >= 4 is 44.8 Å². The molecule has 0 spiro atoms. The largest absolute Gasteiger partial charge is 0.339 e. The molecule has 0 radical (unpaired) electrons. The molecule has 0 saturated heterocycles. The lowest BCUT2D eigenvalue weighted by Gasteiger charge is -2.10. The van der Waals surface area contributed by atoms with E-state index in [1.165, 1.54) is 6.07 Å². The lowest BCUT2D eigenvalue weighted by atomic mass is 10.2. The fourth-order valence-electron chi connectivity index (χ4n) is 2.62. The Bertz CT molecular complexity index is 1020. The van der Waals surface area contributed by atoms with E-state index in [1.54, 1.807) is 12.1 Å². The Labute approximate surface area is 138 Å². The maximum absolute atomic E-state index is 12.1. The van der Waals surface area contributed by atoms with Gasteiger partial charge in [0, 0.05) is 23.9 Å². The van der Waals surface area contributed by atoms with E-state index in [9.17, 15) is 9.00 Å². The second-order valence-electron chi connectivity index (χ2n) is 5.17. The Morgan fingerprint density at radius 3 is 2.91 bits per heavy atom. The first-order valence-corrected chi connectivity index (χ1v) is 8.65. The molecule has 2 aromatic heterocycles. The second kappa shape index (κ2) is 5.43. The summed E-state index contributed by atoms with van der Waals surface area (Å²) in [6.45, 7) is 0. The van der Waals surface area contributed by atoms with E-state index in [0.29, 0.717) is 28.4 Å². The summed E-state index contributed by atoms with van der Waals surface area (Å²) in [4.78, 5) is 23.1. The van der Waals surface area contributed by atoms with Crippen molar-refractivity contribution in [2.75, 3.05) is 11.1 Å². The number of benzene rings is 1. The number of anilines is 2. The van der Waals surface area contributed by atoms with Crippen LogP contribution in [0.4, 0.5) is 11.5 Å². The number of rotatable bonds is 2. The van der Waals surface area contributed by atoms with Gasteiger partial charge in [0.15, 0.2) is 5.82 Å². The van der Waals surface area contributed by atoms with Crippen molar-refractivity contribution in [3.63, 3.8) is 0 Å². The molecule has 0 fully saturated rings. The standard InChI is InChI=1S/C15H11ClN4O2S/c16-15-19-10-5-6-23(22)13(10)14(20-15)17-9-3-1-8-2-4-12(21)18-11(8)7-9/h1-4,7H,5-6H2,(H,18,21)(H,17,19,20)/t23-/m1/s1. The Balaban J connectivity index is 1.79. The van der Waals surface area contributed by atoms with Gasteiger partial charge in [-0.15, -0.1) is 0 Å². The third-order valence-corrected chi connectivity index (χ3v) is 5.28. The average Bonchev–Trinajstić information content (AvgIpc) is 2.88. The quantitative estimate of drug-likeness (QED) is 0.695. The molecule has 0 unspecified atom stereocenters. The van der Waals surface area contributed by atoms with E-state index in [0.717, 1.165) is 16.8 Å². The highest BCUT2D eigenvalue weighted by Gasteiger charge is 2.25. The normalized spacial score (nSPS) is 16.5. The van der Waals surface area contributed by atoms with Crippen LogP contribution in [0.3, 0.4) is 0 Å². The zero-order chi connectivity index (χ0) is 16.0. The molecular formula is C15H11ClN4O2S. The predicted octanol–water partition coefficient (Wildman–Crippen LogP) is 2.38. The minimum absolute atomic E-state index is 0.124. The fraction of sp³-hybridized carbons (Fsp3) is 0.133. The topological polar surface area (TPSA) is 87.7 Å². The first-order valence-electron chi connectivity index (χ1n) is 6.95. The summed E-state index contributed by atoms with van der Waals surface area (Å²) < 4.78 is 12.1. The Morgan fingerprint density at radius 1 is 1.22 bits per heavy atom. The SMILES string of the molecule is O=c1ccc2ccc(Nc3nc(Cl)nc4c3[S@](=O)CC4)cc2[nH]1. The number of aromatic nitrogens is 3. The summed E-state index contributed by atoms with van der Waals surface area (Å²) in [6, 6.07) is 8.79. The van der Waals surface area contributed by atoms with Crippen LogP contribution in [0, 0.1) is 0 Å². The number of hydrogen-bond acceptors (Lipinski definition) is 5. The molecule has 116 valence electrons. The molecule has 1 atom stereocenters. The molecule has 0 bridgehead atoms. The summed E-state index contributed by atoms with van der Waals surface area (Å²) in [5, 5.41) is 4.18. The minimum atomic E-state index is -1.13. The van der Waals surface area contributed by atoms with Gasteiger partial charge < -0.3 is 10.3 Å². The molecule has 1 aliphatic heterocycles. The number of hydrogen-bond donors (Lipinski definition) is 2. The van der Waals surface area contributed by atoms with Crippen molar-refractivity contribution in [1.29, 1.82) is 0 Å². The van der Waals surface area contributed by atoms with Crippen molar-refractivity contribution in [2.24, 2.45) is 0 Å². The van der Waals surface area contributed by atoms with Crippen LogP contribution in [0.5, 0.6) is 0 Å². The molecule has 0 saturated carbocycles. The van der Waals surface area contributed by atoms with Gasteiger partial charge in [-0.2, -0.15) is 4.98 Å². The van der Waals surface area contributed by atoms with Crippen molar-refractivity contribution in [3.05, 3.63) is 51.7 Å². The highest BCUT2D eigenvalue weighted by Crippen LogP contribution is 2.31. The van der Waals surface area contributed by atoms with Gasteiger partial charge in [-0.1, -0.05) is 6.07 Å². The highest BCUT2D eigenvalue weighted by molar-refractivity contribution is 7.85. The first kappa shape index (κ1) is 14.3.